The summed E-state index contributed by atoms with van der Waals surface area (Å²) in [5, 5.41) is 2.74. The first-order valence-corrected chi connectivity index (χ1v) is 19.3. The maximum Gasteiger partial charge on any atom is 0.407 e. The second-order valence-corrected chi connectivity index (χ2v) is 12.3. The van der Waals surface area contributed by atoms with Crippen molar-refractivity contribution in [2.45, 2.75) is 12.8 Å². The minimum Gasteiger partial charge on any atom is -0.460 e. The molecule has 15 nitrogen and oxygen atoms in total. The molecule has 0 radical (unpaired) electrons. The van der Waals surface area contributed by atoms with E-state index in [0.29, 0.717) is 144 Å². The molecule has 0 unspecified atom stereocenters. The lowest BCUT2D eigenvalue weighted by molar-refractivity contribution is -0.140. The van der Waals surface area contributed by atoms with Crippen molar-refractivity contribution in [3.8, 4) is 11.1 Å². The highest BCUT2D eigenvalue weighted by molar-refractivity contribution is 5.86. The van der Waals surface area contributed by atoms with Crippen LogP contribution in [0, 0.1) is 0 Å². The van der Waals surface area contributed by atoms with Gasteiger partial charge in [-0.15, -0.1) is 0 Å². The zero-order valence-corrected chi connectivity index (χ0v) is 32.9. The number of ether oxygens (including phenoxy) is 12. The molecule has 0 spiro atoms. The molecule has 1 aliphatic rings. The summed E-state index contributed by atoms with van der Waals surface area (Å²) in [5.74, 6) is -0.385. The molecule has 0 fully saturated rings. The van der Waals surface area contributed by atoms with Crippen molar-refractivity contribution >= 4 is 12.1 Å². The first kappa shape index (κ1) is 46.9. The van der Waals surface area contributed by atoms with Gasteiger partial charge in [0.05, 0.1) is 132 Å². The highest BCUT2D eigenvalue weighted by Crippen LogP contribution is 2.44. The van der Waals surface area contributed by atoms with Gasteiger partial charge in [-0.05, 0) is 29.2 Å². The van der Waals surface area contributed by atoms with Crippen LogP contribution >= 0.6 is 0 Å². The molecule has 0 saturated carbocycles. The van der Waals surface area contributed by atoms with Gasteiger partial charge in [-0.25, -0.2) is 9.59 Å². The van der Waals surface area contributed by atoms with Crippen LogP contribution in [0.15, 0.2) is 60.7 Å². The monoisotopic (exact) mass is 791 g/mol. The second-order valence-electron chi connectivity index (χ2n) is 12.3. The fourth-order valence-corrected chi connectivity index (χ4v) is 5.27. The summed E-state index contributed by atoms with van der Waals surface area (Å²) in [5.41, 5.74) is 5.12. The molecular formula is C41H61NO14. The van der Waals surface area contributed by atoms with Crippen LogP contribution in [-0.4, -0.2) is 164 Å². The summed E-state index contributed by atoms with van der Waals surface area (Å²) >= 11 is 0. The standard InChI is InChI=1S/C41H61NO14/c1-34(2)40(43)55-32-31-54-30-29-53-28-27-52-26-25-51-24-23-50-22-21-49-20-19-48-18-17-47-16-15-46-14-13-45-12-11-42-41(44)56-33-39-37-9-5-3-7-35(37)36-8-4-6-10-38(36)39/h3-10,39H,1,11-33H2,2H3,(H,42,44). The number of hydrogen-bond donors (Lipinski definition) is 1. The number of nitrogens with one attached hydrogen (secondary N) is 1. The maximum absolute atomic E-state index is 12.2. The third kappa shape index (κ3) is 21.2. The summed E-state index contributed by atoms with van der Waals surface area (Å²) in [6.07, 6.45) is -0.457. The number of esters is 1. The highest BCUT2D eigenvalue weighted by Gasteiger charge is 2.28. The van der Waals surface area contributed by atoms with E-state index in [1.807, 2.05) is 24.3 Å². The van der Waals surface area contributed by atoms with Crippen LogP contribution in [0.3, 0.4) is 0 Å². The van der Waals surface area contributed by atoms with Crippen molar-refractivity contribution in [3.63, 3.8) is 0 Å². The molecule has 0 heterocycles. The predicted octanol–water partition coefficient (Wildman–Crippen LogP) is 3.81. The Balaban J connectivity index is 0.943. The van der Waals surface area contributed by atoms with Gasteiger partial charge < -0.3 is 62.2 Å². The van der Waals surface area contributed by atoms with Crippen molar-refractivity contribution in [1.82, 2.24) is 5.32 Å². The first-order valence-electron chi connectivity index (χ1n) is 19.3. The predicted molar refractivity (Wildman–Crippen MR) is 207 cm³/mol. The third-order valence-electron chi connectivity index (χ3n) is 8.02. The van der Waals surface area contributed by atoms with Crippen molar-refractivity contribution in [1.29, 1.82) is 0 Å². The van der Waals surface area contributed by atoms with E-state index in [1.54, 1.807) is 6.92 Å². The minimum atomic E-state index is -0.457. The van der Waals surface area contributed by atoms with Crippen LogP contribution in [0.1, 0.15) is 24.0 Å². The molecule has 0 saturated heterocycles. The number of amides is 1. The number of rotatable bonds is 36. The Morgan fingerprint density at radius 2 is 0.804 bits per heavy atom. The summed E-state index contributed by atoms with van der Waals surface area (Å²) in [6.45, 7) is 14.9. The summed E-state index contributed by atoms with van der Waals surface area (Å²) in [6, 6.07) is 16.5. The first-order chi connectivity index (χ1) is 27.6. The van der Waals surface area contributed by atoms with Crippen LogP contribution < -0.4 is 5.32 Å². The number of carbonyl (C=O) groups excluding carboxylic acids is 2. The van der Waals surface area contributed by atoms with E-state index in [-0.39, 0.29) is 19.1 Å². The highest BCUT2D eigenvalue weighted by atomic mass is 16.6. The van der Waals surface area contributed by atoms with Gasteiger partial charge in [0.15, 0.2) is 0 Å². The van der Waals surface area contributed by atoms with Crippen molar-refractivity contribution < 1.29 is 66.4 Å². The molecule has 0 aliphatic heterocycles. The van der Waals surface area contributed by atoms with Crippen molar-refractivity contribution in [2.24, 2.45) is 0 Å². The molecule has 1 aliphatic carbocycles. The van der Waals surface area contributed by atoms with E-state index in [0.717, 1.165) is 0 Å². The van der Waals surface area contributed by atoms with Gasteiger partial charge in [0.2, 0.25) is 0 Å². The van der Waals surface area contributed by atoms with Crippen LogP contribution in [-0.2, 0) is 61.6 Å². The van der Waals surface area contributed by atoms with E-state index in [1.165, 1.54) is 22.3 Å². The second kappa shape index (κ2) is 31.6. The van der Waals surface area contributed by atoms with Gasteiger partial charge in [-0.3, -0.25) is 0 Å². The minimum absolute atomic E-state index is 0.0326. The molecule has 1 amide bonds. The summed E-state index contributed by atoms with van der Waals surface area (Å²) < 4.78 is 65.1. The average molecular weight is 792 g/mol. The molecule has 0 aromatic heterocycles. The smallest absolute Gasteiger partial charge is 0.407 e. The molecule has 3 rings (SSSR count). The zero-order chi connectivity index (χ0) is 39.7. The average Bonchev–Trinajstić information content (AvgIpc) is 3.53. The number of benzene rings is 2. The lowest BCUT2D eigenvalue weighted by Crippen LogP contribution is -2.29. The van der Waals surface area contributed by atoms with Crippen LogP contribution in [0.25, 0.3) is 11.1 Å². The van der Waals surface area contributed by atoms with Crippen LogP contribution in [0.5, 0.6) is 0 Å². The van der Waals surface area contributed by atoms with Crippen LogP contribution in [0.4, 0.5) is 4.79 Å². The maximum atomic E-state index is 12.2. The van der Waals surface area contributed by atoms with Crippen molar-refractivity contribution in [3.05, 3.63) is 71.8 Å². The number of carbonyl (C=O) groups is 2. The summed E-state index contributed by atoms with van der Waals surface area (Å²) in [4.78, 5) is 23.5. The molecule has 314 valence electrons. The van der Waals surface area contributed by atoms with Gasteiger partial charge in [0.1, 0.15) is 13.2 Å². The van der Waals surface area contributed by atoms with Crippen LogP contribution in [0.2, 0.25) is 0 Å². The number of alkyl carbamates (subject to hydrolysis) is 1. The molecule has 0 atom stereocenters. The quantitative estimate of drug-likeness (QED) is 0.0604. The van der Waals surface area contributed by atoms with E-state index in [2.05, 4.69) is 36.2 Å². The Morgan fingerprint density at radius 3 is 1.16 bits per heavy atom. The number of fused-ring (bicyclic) bond motifs is 3. The normalized spacial score (nSPS) is 12.0. The Bertz CT molecular complexity index is 1300. The van der Waals surface area contributed by atoms with Gasteiger partial charge >= 0.3 is 12.1 Å². The van der Waals surface area contributed by atoms with Gasteiger partial charge in [-0.1, -0.05) is 55.1 Å². The van der Waals surface area contributed by atoms with Gasteiger partial charge in [0.25, 0.3) is 0 Å². The van der Waals surface area contributed by atoms with Crippen molar-refractivity contribution in [2.75, 3.05) is 152 Å². The van der Waals surface area contributed by atoms with E-state index >= 15 is 0 Å². The SMILES string of the molecule is C=C(C)C(=O)OCCOCCOCCOCCOCCOCCOCCOCCOCCOCCOCCNC(=O)OCC1c2ccccc2-c2ccccc21. The fourth-order valence-electron chi connectivity index (χ4n) is 5.27. The molecule has 15 heteroatoms. The third-order valence-corrected chi connectivity index (χ3v) is 8.02. The molecule has 56 heavy (non-hydrogen) atoms. The van der Waals surface area contributed by atoms with Gasteiger partial charge in [0, 0.05) is 18.0 Å². The Hall–Kier alpha value is -3.48. The van der Waals surface area contributed by atoms with E-state index in [9.17, 15) is 9.59 Å². The molecule has 2 aromatic rings. The van der Waals surface area contributed by atoms with E-state index in [4.69, 9.17) is 56.8 Å². The van der Waals surface area contributed by atoms with E-state index < -0.39 is 12.1 Å². The fraction of sp³-hybridized carbons (Fsp3) is 0.610. The largest absolute Gasteiger partial charge is 0.460 e. The Kier molecular flexibility index (Phi) is 26.5. The molecule has 1 N–H and O–H groups in total. The zero-order valence-electron chi connectivity index (χ0n) is 32.9. The summed E-state index contributed by atoms with van der Waals surface area (Å²) in [7, 11) is 0. The Labute approximate surface area is 331 Å². The number of hydrogen-bond acceptors (Lipinski definition) is 14. The topological polar surface area (TPSA) is 157 Å². The van der Waals surface area contributed by atoms with Gasteiger partial charge in [-0.2, -0.15) is 0 Å². The Morgan fingerprint density at radius 1 is 0.482 bits per heavy atom. The lowest BCUT2D eigenvalue weighted by Gasteiger charge is -2.14. The molecule has 2 aromatic carbocycles. The lowest BCUT2D eigenvalue weighted by atomic mass is 9.98. The molecule has 0 bridgehead atoms. The molecular weight excluding hydrogens is 730 g/mol.